The van der Waals surface area contributed by atoms with Crippen LogP contribution in [0.3, 0.4) is 0 Å². The van der Waals surface area contributed by atoms with Gasteiger partial charge < -0.3 is 15.2 Å². The number of ether oxygens (including phenoxy) is 2. The van der Waals surface area contributed by atoms with Crippen LogP contribution in [0.4, 0.5) is 0 Å². The minimum atomic E-state index is -0.173. The molecule has 2 aromatic rings. The highest BCUT2D eigenvalue weighted by Crippen LogP contribution is 2.37. The molecule has 2 N–H and O–H groups in total. The van der Waals surface area contributed by atoms with Crippen molar-refractivity contribution in [3.63, 3.8) is 0 Å². The van der Waals surface area contributed by atoms with Gasteiger partial charge in [0.15, 0.2) is 0 Å². The maximum atomic E-state index is 6.04. The number of hydrogen-bond donors (Lipinski definition) is 1. The molecule has 0 bridgehead atoms. The summed E-state index contributed by atoms with van der Waals surface area (Å²) in [6.45, 7) is 3.92. The first-order chi connectivity index (χ1) is 9.52. The van der Waals surface area contributed by atoms with Gasteiger partial charge in [0.25, 0.3) is 0 Å². The second-order valence-electron chi connectivity index (χ2n) is 4.67. The Morgan fingerprint density at radius 1 is 1.10 bits per heavy atom. The molecule has 0 spiro atoms. The fourth-order valence-corrected chi connectivity index (χ4v) is 2.38. The summed E-state index contributed by atoms with van der Waals surface area (Å²) in [5, 5.41) is 0. The van der Waals surface area contributed by atoms with Gasteiger partial charge in [-0.15, -0.1) is 0 Å². The topological polar surface area (TPSA) is 44.5 Å². The highest BCUT2D eigenvalue weighted by molar-refractivity contribution is 9.10. The normalized spacial score (nSPS) is 12.1. The molecule has 0 fully saturated rings. The molecule has 0 saturated carbocycles. The van der Waals surface area contributed by atoms with Crippen molar-refractivity contribution in [2.75, 3.05) is 7.11 Å². The fourth-order valence-electron chi connectivity index (χ4n) is 2.04. The van der Waals surface area contributed by atoms with E-state index >= 15 is 0 Å². The number of aryl methyl sites for hydroxylation is 1. The van der Waals surface area contributed by atoms with E-state index in [1.807, 2.05) is 50.2 Å². The van der Waals surface area contributed by atoms with Gasteiger partial charge in [-0.05, 0) is 43.7 Å². The van der Waals surface area contributed by atoms with Gasteiger partial charge in [-0.25, -0.2) is 0 Å². The summed E-state index contributed by atoms with van der Waals surface area (Å²) in [5.41, 5.74) is 7.97. The molecule has 3 nitrogen and oxygen atoms in total. The summed E-state index contributed by atoms with van der Waals surface area (Å²) >= 11 is 3.46. The van der Waals surface area contributed by atoms with Crippen LogP contribution in [0.2, 0.25) is 0 Å². The quantitative estimate of drug-likeness (QED) is 0.889. The molecule has 0 heterocycles. The summed E-state index contributed by atoms with van der Waals surface area (Å²) < 4.78 is 12.4. The molecule has 0 aliphatic heterocycles. The van der Waals surface area contributed by atoms with Gasteiger partial charge in [-0.2, -0.15) is 0 Å². The zero-order chi connectivity index (χ0) is 14.7. The van der Waals surface area contributed by atoms with Crippen molar-refractivity contribution < 1.29 is 9.47 Å². The SMILES string of the molecule is COc1cccc(Oc2cc(Br)ccc2C)c1C(C)N. The predicted octanol–water partition coefficient (Wildman–Crippen LogP) is 4.58. The number of hydrogen-bond acceptors (Lipinski definition) is 3. The smallest absolute Gasteiger partial charge is 0.135 e. The van der Waals surface area contributed by atoms with E-state index in [2.05, 4.69) is 15.9 Å². The summed E-state index contributed by atoms with van der Waals surface area (Å²) in [6.07, 6.45) is 0. The molecular weight excluding hydrogens is 318 g/mol. The van der Waals surface area contributed by atoms with E-state index in [4.69, 9.17) is 15.2 Å². The first kappa shape index (κ1) is 14.9. The van der Waals surface area contributed by atoms with Crippen molar-refractivity contribution in [2.45, 2.75) is 19.9 Å². The Kier molecular flexibility index (Phi) is 4.68. The minimum absolute atomic E-state index is 0.173. The minimum Gasteiger partial charge on any atom is -0.496 e. The summed E-state index contributed by atoms with van der Waals surface area (Å²) in [7, 11) is 1.63. The molecule has 2 aromatic carbocycles. The molecule has 4 heteroatoms. The third kappa shape index (κ3) is 3.14. The van der Waals surface area contributed by atoms with Crippen LogP contribution in [0.15, 0.2) is 40.9 Å². The van der Waals surface area contributed by atoms with Gasteiger partial charge in [0.2, 0.25) is 0 Å². The molecule has 1 atom stereocenters. The summed E-state index contributed by atoms with van der Waals surface area (Å²) in [5.74, 6) is 2.26. The van der Waals surface area contributed by atoms with Gasteiger partial charge in [0.1, 0.15) is 17.2 Å². The average Bonchev–Trinajstić information content (AvgIpc) is 2.42. The van der Waals surface area contributed by atoms with Crippen molar-refractivity contribution >= 4 is 15.9 Å². The lowest BCUT2D eigenvalue weighted by molar-refractivity contribution is 0.397. The maximum absolute atomic E-state index is 6.04. The van der Waals surface area contributed by atoms with Crippen LogP contribution in [-0.2, 0) is 0 Å². The van der Waals surface area contributed by atoms with Crippen LogP contribution in [0, 0.1) is 6.92 Å². The first-order valence-corrected chi connectivity index (χ1v) is 7.18. The number of benzene rings is 2. The fraction of sp³-hybridized carbons (Fsp3) is 0.250. The number of nitrogens with two attached hydrogens (primary N) is 1. The Balaban J connectivity index is 2.45. The predicted molar refractivity (Wildman–Crippen MR) is 84.5 cm³/mol. The number of methoxy groups -OCH3 is 1. The van der Waals surface area contributed by atoms with Crippen LogP contribution in [0.1, 0.15) is 24.1 Å². The van der Waals surface area contributed by atoms with Crippen LogP contribution < -0.4 is 15.2 Å². The van der Waals surface area contributed by atoms with Crippen molar-refractivity contribution in [1.82, 2.24) is 0 Å². The van der Waals surface area contributed by atoms with E-state index in [-0.39, 0.29) is 6.04 Å². The highest BCUT2D eigenvalue weighted by atomic mass is 79.9. The lowest BCUT2D eigenvalue weighted by atomic mass is 10.1. The lowest BCUT2D eigenvalue weighted by Crippen LogP contribution is -2.08. The van der Waals surface area contributed by atoms with E-state index in [1.54, 1.807) is 7.11 Å². The van der Waals surface area contributed by atoms with Gasteiger partial charge in [0.05, 0.1) is 12.7 Å². The van der Waals surface area contributed by atoms with Crippen LogP contribution in [-0.4, -0.2) is 7.11 Å². The van der Waals surface area contributed by atoms with Gasteiger partial charge >= 0.3 is 0 Å². The average molecular weight is 336 g/mol. The lowest BCUT2D eigenvalue weighted by Gasteiger charge is -2.18. The Morgan fingerprint density at radius 2 is 1.80 bits per heavy atom. The van der Waals surface area contributed by atoms with E-state index < -0.39 is 0 Å². The molecule has 2 rings (SSSR count). The molecule has 106 valence electrons. The highest BCUT2D eigenvalue weighted by Gasteiger charge is 2.15. The molecule has 0 radical (unpaired) electrons. The molecule has 0 aliphatic carbocycles. The van der Waals surface area contributed by atoms with Crippen molar-refractivity contribution in [3.05, 3.63) is 52.0 Å². The van der Waals surface area contributed by atoms with Crippen molar-refractivity contribution in [2.24, 2.45) is 5.73 Å². The van der Waals surface area contributed by atoms with Crippen LogP contribution >= 0.6 is 15.9 Å². The Bertz CT molecular complexity index is 611. The standard InChI is InChI=1S/C16H18BrNO2/c1-10-7-8-12(17)9-15(10)20-14-6-4-5-13(19-3)16(14)11(2)18/h4-9,11H,18H2,1-3H3. The monoisotopic (exact) mass is 335 g/mol. The first-order valence-electron chi connectivity index (χ1n) is 6.39. The molecule has 20 heavy (non-hydrogen) atoms. The molecular formula is C16H18BrNO2. The zero-order valence-electron chi connectivity index (χ0n) is 11.8. The Morgan fingerprint density at radius 3 is 2.45 bits per heavy atom. The van der Waals surface area contributed by atoms with Crippen LogP contribution in [0.5, 0.6) is 17.2 Å². The second-order valence-corrected chi connectivity index (χ2v) is 5.59. The number of rotatable bonds is 4. The van der Waals surface area contributed by atoms with E-state index in [0.717, 1.165) is 32.8 Å². The molecule has 0 amide bonds. The van der Waals surface area contributed by atoms with E-state index in [1.165, 1.54) is 0 Å². The maximum Gasteiger partial charge on any atom is 0.135 e. The van der Waals surface area contributed by atoms with Crippen LogP contribution in [0.25, 0.3) is 0 Å². The van der Waals surface area contributed by atoms with Crippen molar-refractivity contribution in [3.8, 4) is 17.2 Å². The van der Waals surface area contributed by atoms with Gasteiger partial charge in [0, 0.05) is 10.5 Å². The summed E-state index contributed by atoms with van der Waals surface area (Å²) in [6, 6.07) is 11.5. The Labute approximate surface area is 127 Å². The molecule has 0 saturated heterocycles. The van der Waals surface area contributed by atoms with Gasteiger partial charge in [-0.1, -0.05) is 28.1 Å². The second kappa shape index (κ2) is 6.29. The molecule has 0 aliphatic rings. The number of halogens is 1. The molecule has 0 aromatic heterocycles. The largest absolute Gasteiger partial charge is 0.496 e. The van der Waals surface area contributed by atoms with Gasteiger partial charge in [-0.3, -0.25) is 0 Å². The Hall–Kier alpha value is -1.52. The van der Waals surface area contributed by atoms with E-state index in [9.17, 15) is 0 Å². The third-order valence-corrected chi connectivity index (χ3v) is 3.56. The van der Waals surface area contributed by atoms with Crippen molar-refractivity contribution in [1.29, 1.82) is 0 Å². The zero-order valence-corrected chi connectivity index (χ0v) is 13.4. The molecule has 1 unspecified atom stereocenters. The van der Waals surface area contributed by atoms with E-state index in [0.29, 0.717) is 0 Å². The summed E-state index contributed by atoms with van der Waals surface area (Å²) in [4.78, 5) is 0. The third-order valence-electron chi connectivity index (χ3n) is 3.07.